The van der Waals surface area contributed by atoms with Gasteiger partial charge in [0, 0.05) is 23.8 Å². The second-order valence-corrected chi connectivity index (χ2v) is 5.70. The second kappa shape index (κ2) is 7.44. The number of aromatic nitrogens is 3. The number of anilines is 1. The molecule has 1 amide bonds. The summed E-state index contributed by atoms with van der Waals surface area (Å²) in [6.07, 6.45) is 0. The highest BCUT2D eigenvalue weighted by Gasteiger charge is 2.11. The molecule has 0 aliphatic rings. The first-order chi connectivity index (χ1) is 10.1. The number of benzene rings is 1. The number of carbonyl (C=O) groups is 1. The summed E-state index contributed by atoms with van der Waals surface area (Å²) in [5.74, 6) is 0.912. The zero-order chi connectivity index (χ0) is 15.2. The first-order valence-electron chi connectivity index (χ1n) is 6.38. The van der Waals surface area contributed by atoms with E-state index in [2.05, 4.69) is 15.5 Å². The SMILES string of the molecule is Cc1nnc(SCC(=O)Nc2cccc(Cl)c2)n1CCN. The molecule has 2 aromatic rings. The van der Waals surface area contributed by atoms with Gasteiger partial charge < -0.3 is 15.6 Å². The normalized spacial score (nSPS) is 10.6. The third kappa shape index (κ3) is 4.45. The van der Waals surface area contributed by atoms with Crippen molar-refractivity contribution in [3.05, 3.63) is 35.1 Å². The smallest absolute Gasteiger partial charge is 0.234 e. The fourth-order valence-corrected chi connectivity index (χ4v) is 2.75. The van der Waals surface area contributed by atoms with E-state index in [9.17, 15) is 4.79 Å². The molecule has 0 aliphatic heterocycles. The molecule has 1 aromatic heterocycles. The zero-order valence-electron chi connectivity index (χ0n) is 11.5. The highest BCUT2D eigenvalue weighted by atomic mass is 35.5. The van der Waals surface area contributed by atoms with Gasteiger partial charge in [-0.2, -0.15) is 0 Å². The molecule has 0 bridgehead atoms. The lowest BCUT2D eigenvalue weighted by molar-refractivity contribution is -0.113. The van der Waals surface area contributed by atoms with Crippen LogP contribution in [0, 0.1) is 6.92 Å². The predicted molar refractivity (Wildman–Crippen MR) is 84.6 cm³/mol. The van der Waals surface area contributed by atoms with Crippen molar-refractivity contribution in [1.29, 1.82) is 0 Å². The molecule has 0 saturated heterocycles. The Morgan fingerprint density at radius 2 is 2.29 bits per heavy atom. The highest BCUT2D eigenvalue weighted by Crippen LogP contribution is 2.18. The van der Waals surface area contributed by atoms with Crippen LogP contribution in [-0.2, 0) is 11.3 Å². The largest absolute Gasteiger partial charge is 0.329 e. The van der Waals surface area contributed by atoms with E-state index < -0.39 is 0 Å². The van der Waals surface area contributed by atoms with E-state index in [4.69, 9.17) is 17.3 Å². The summed E-state index contributed by atoms with van der Waals surface area (Å²) in [7, 11) is 0. The molecule has 2 rings (SSSR count). The molecule has 21 heavy (non-hydrogen) atoms. The number of nitrogens with one attached hydrogen (secondary N) is 1. The maximum Gasteiger partial charge on any atom is 0.234 e. The molecule has 0 unspecified atom stereocenters. The van der Waals surface area contributed by atoms with Crippen LogP contribution in [0.1, 0.15) is 5.82 Å². The summed E-state index contributed by atoms with van der Waals surface area (Å²) in [5.41, 5.74) is 6.23. The van der Waals surface area contributed by atoms with Crippen LogP contribution < -0.4 is 11.1 Å². The number of amides is 1. The Labute approximate surface area is 132 Å². The molecule has 8 heteroatoms. The maximum absolute atomic E-state index is 11.9. The average Bonchev–Trinajstić information content (AvgIpc) is 2.78. The predicted octanol–water partition coefficient (Wildman–Crippen LogP) is 1.93. The third-order valence-electron chi connectivity index (χ3n) is 2.70. The Morgan fingerprint density at radius 3 is 3.00 bits per heavy atom. The summed E-state index contributed by atoms with van der Waals surface area (Å²) in [4.78, 5) is 11.9. The Kier molecular flexibility index (Phi) is 5.60. The molecule has 6 nitrogen and oxygen atoms in total. The van der Waals surface area contributed by atoms with Gasteiger partial charge in [-0.25, -0.2) is 0 Å². The van der Waals surface area contributed by atoms with Gasteiger partial charge in [0.25, 0.3) is 0 Å². The maximum atomic E-state index is 11.9. The summed E-state index contributed by atoms with van der Waals surface area (Å²) in [6.45, 7) is 3.00. The van der Waals surface area contributed by atoms with Crippen LogP contribution >= 0.6 is 23.4 Å². The minimum Gasteiger partial charge on any atom is -0.329 e. The number of halogens is 1. The number of nitrogens with zero attached hydrogens (tertiary/aromatic N) is 3. The van der Waals surface area contributed by atoms with Gasteiger partial charge in [-0.05, 0) is 25.1 Å². The number of thioether (sulfide) groups is 1. The Bertz CT molecular complexity index is 631. The fraction of sp³-hybridized carbons (Fsp3) is 0.308. The van der Waals surface area contributed by atoms with E-state index in [1.165, 1.54) is 11.8 Å². The van der Waals surface area contributed by atoms with Gasteiger partial charge in [0.1, 0.15) is 5.82 Å². The summed E-state index contributed by atoms with van der Waals surface area (Å²) < 4.78 is 1.90. The van der Waals surface area contributed by atoms with Gasteiger partial charge in [-0.1, -0.05) is 29.4 Å². The molecule has 3 N–H and O–H groups in total. The molecular weight excluding hydrogens is 310 g/mol. The van der Waals surface area contributed by atoms with Crippen molar-refractivity contribution >= 4 is 35.0 Å². The van der Waals surface area contributed by atoms with Crippen molar-refractivity contribution in [2.24, 2.45) is 5.73 Å². The first kappa shape index (κ1) is 15.8. The van der Waals surface area contributed by atoms with Crippen LogP contribution in [0.25, 0.3) is 0 Å². The van der Waals surface area contributed by atoms with Crippen LogP contribution in [0.3, 0.4) is 0 Å². The number of rotatable bonds is 6. The minimum absolute atomic E-state index is 0.123. The first-order valence-corrected chi connectivity index (χ1v) is 7.74. The van der Waals surface area contributed by atoms with Gasteiger partial charge in [0.2, 0.25) is 5.91 Å². The van der Waals surface area contributed by atoms with Gasteiger partial charge in [0.05, 0.1) is 5.75 Å². The molecule has 0 aliphatic carbocycles. The number of hydrogen-bond donors (Lipinski definition) is 2. The van der Waals surface area contributed by atoms with Crippen LogP contribution in [0.15, 0.2) is 29.4 Å². The highest BCUT2D eigenvalue weighted by molar-refractivity contribution is 7.99. The van der Waals surface area contributed by atoms with Crippen molar-refractivity contribution in [1.82, 2.24) is 14.8 Å². The lowest BCUT2D eigenvalue weighted by Crippen LogP contribution is -2.16. The molecule has 0 saturated carbocycles. The van der Waals surface area contributed by atoms with E-state index >= 15 is 0 Å². The minimum atomic E-state index is -0.123. The average molecular weight is 326 g/mol. The standard InChI is InChI=1S/C13H16ClN5OS/c1-9-17-18-13(19(9)6-5-15)21-8-12(20)16-11-4-2-3-10(14)7-11/h2-4,7H,5-6,8,15H2,1H3,(H,16,20). The lowest BCUT2D eigenvalue weighted by Gasteiger charge is -2.07. The summed E-state index contributed by atoms with van der Waals surface area (Å²) in [6, 6.07) is 7.02. The van der Waals surface area contributed by atoms with Crippen LogP contribution in [0.4, 0.5) is 5.69 Å². The van der Waals surface area contributed by atoms with Crippen molar-refractivity contribution in [3.8, 4) is 0 Å². The molecule has 1 heterocycles. The van der Waals surface area contributed by atoms with Crippen molar-refractivity contribution in [2.45, 2.75) is 18.6 Å². The van der Waals surface area contributed by atoms with Crippen LogP contribution in [0.2, 0.25) is 5.02 Å². The van der Waals surface area contributed by atoms with Gasteiger partial charge >= 0.3 is 0 Å². The molecule has 112 valence electrons. The Balaban J connectivity index is 1.92. The molecule has 0 radical (unpaired) electrons. The van der Waals surface area contributed by atoms with Crippen molar-refractivity contribution < 1.29 is 4.79 Å². The molecule has 0 spiro atoms. The van der Waals surface area contributed by atoms with E-state index in [0.717, 1.165) is 5.82 Å². The lowest BCUT2D eigenvalue weighted by atomic mass is 10.3. The molecular formula is C13H16ClN5OS. The third-order valence-corrected chi connectivity index (χ3v) is 3.90. The van der Waals surface area contributed by atoms with E-state index in [0.29, 0.717) is 29.0 Å². The van der Waals surface area contributed by atoms with Crippen molar-refractivity contribution in [3.63, 3.8) is 0 Å². The molecule has 1 aromatic carbocycles. The van der Waals surface area contributed by atoms with E-state index in [1.807, 2.05) is 11.5 Å². The zero-order valence-corrected chi connectivity index (χ0v) is 13.1. The Morgan fingerprint density at radius 1 is 1.48 bits per heavy atom. The van der Waals surface area contributed by atoms with Gasteiger partial charge in [-0.3, -0.25) is 4.79 Å². The van der Waals surface area contributed by atoms with Gasteiger partial charge in [-0.15, -0.1) is 10.2 Å². The van der Waals surface area contributed by atoms with Crippen molar-refractivity contribution in [2.75, 3.05) is 17.6 Å². The van der Waals surface area contributed by atoms with E-state index in [1.54, 1.807) is 24.3 Å². The summed E-state index contributed by atoms with van der Waals surface area (Å²) in [5, 5.41) is 12.1. The number of carbonyl (C=O) groups excluding carboxylic acids is 1. The monoisotopic (exact) mass is 325 g/mol. The number of aryl methyl sites for hydroxylation is 1. The topological polar surface area (TPSA) is 85.8 Å². The Hall–Kier alpha value is -1.57. The number of nitrogens with two attached hydrogens (primary N) is 1. The van der Waals surface area contributed by atoms with Crippen LogP contribution in [-0.4, -0.2) is 33.0 Å². The quantitative estimate of drug-likeness (QED) is 0.793. The van der Waals surface area contributed by atoms with Gasteiger partial charge in [0.15, 0.2) is 5.16 Å². The number of hydrogen-bond acceptors (Lipinski definition) is 5. The fourth-order valence-electron chi connectivity index (χ4n) is 1.75. The van der Waals surface area contributed by atoms with E-state index in [-0.39, 0.29) is 11.7 Å². The second-order valence-electron chi connectivity index (χ2n) is 4.32. The summed E-state index contributed by atoms with van der Waals surface area (Å²) >= 11 is 7.20. The molecule has 0 fully saturated rings. The molecule has 0 atom stereocenters. The van der Waals surface area contributed by atoms with Crippen LogP contribution in [0.5, 0.6) is 0 Å².